The lowest BCUT2D eigenvalue weighted by molar-refractivity contribution is -0.123. The third-order valence-electron chi connectivity index (χ3n) is 4.75. The Kier molecular flexibility index (Phi) is 5.53. The van der Waals surface area contributed by atoms with Crippen LogP contribution in [0.4, 0.5) is 0 Å². The zero-order chi connectivity index (χ0) is 14.0. The minimum Gasteiger partial charge on any atom is -0.354 e. The summed E-state index contributed by atoms with van der Waals surface area (Å²) in [5.74, 6) is 0.155. The van der Waals surface area contributed by atoms with Crippen LogP contribution < -0.4 is 10.6 Å². The van der Waals surface area contributed by atoms with E-state index in [1.165, 1.54) is 12.0 Å². The number of hydrogen-bond acceptors (Lipinski definition) is 2. The summed E-state index contributed by atoms with van der Waals surface area (Å²) in [7, 11) is 0. The Hall–Kier alpha value is -0.770. The first-order valence-corrected chi connectivity index (χ1v) is 7.85. The maximum Gasteiger partial charge on any atom is 0.237 e. The minimum absolute atomic E-state index is 0. The first-order valence-electron chi connectivity index (χ1n) is 7.47. The second-order valence-electron chi connectivity index (χ2n) is 6.01. The van der Waals surface area contributed by atoms with Gasteiger partial charge in [0.2, 0.25) is 5.91 Å². The predicted octanol–water partition coefficient (Wildman–Crippen LogP) is 3.05. The van der Waals surface area contributed by atoms with E-state index >= 15 is 0 Å². The number of benzene rings is 1. The number of amides is 1. The highest BCUT2D eigenvalue weighted by Crippen LogP contribution is 2.43. The highest BCUT2D eigenvalue weighted by Gasteiger charge is 2.39. The van der Waals surface area contributed by atoms with Gasteiger partial charge in [-0.3, -0.25) is 4.79 Å². The molecule has 1 aromatic rings. The monoisotopic (exact) mass is 328 g/mol. The molecule has 1 aliphatic heterocycles. The van der Waals surface area contributed by atoms with E-state index in [-0.39, 0.29) is 29.8 Å². The number of carbonyl (C=O) groups excluding carboxylic acids is 1. The molecule has 1 unspecified atom stereocenters. The fourth-order valence-corrected chi connectivity index (χ4v) is 3.39. The van der Waals surface area contributed by atoms with Gasteiger partial charge in [0.1, 0.15) is 0 Å². The van der Waals surface area contributed by atoms with E-state index < -0.39 is 0 Å². The summed E-state index contributed by atoms with van der Waals surface area (Å²) in [4.78, 5) is 12.1. The molecule has 0 spiro atoms. The van der Waals surface area contributed by atoms with Crippen molar-refractivity contribution in [3.63, 3.8) is 0 Å². The molecular formula is C16H22Cl2N2O. The molecule has 0 aromatic heterocycles. The van der Waals surface area contributed by atoms with Gasteiger partial charge in [-0.15, -0.1) is 12.4 Å². The summed E-state index contributed by atoms with van der Waals surface area (Å²) in [5, 5.41) is 7.16. The van der Waals surface area contributed by atoms with Crippen molar-refractivity contribution in [2.45, 2.75) is 43.6 Å². The lowest BCUT2D eigenvalue weighted by Crippen LogP contribution is -2.49. The van der Waals surface area contributed by atoms with Crippen LogP contribution >= 0.6 is 24.0 Å². The molecule has 3 nitrogen and oxygen atoms in total. The second-order valence-corrected chi connectivity index (χ2v) is 6.44. The highest BCUT2D eigenvalue weighted by atomic mass is 35.5. The lowest BCUT2D eigenvalue weighted by Gasteiger charge is -2.42. The van der Waals surface area contributed by atoms with Gasteiger partial charge in [0.25, 0.3) is 0 Å². The van der Waals surface area contributed by atoms with Gasteiger partial charge in [-0.1, -0.05) is 30.2 Å². The molecule has 1 heterocycles. The molecule has 1 saturated heterocycles. The van der Waals surface area contributed by atoms with Crippen LogP contribution in [0, 0.1) is 0 Å². The summed E-state index contributed by atoms with van der Waals surface area (Å²) >= 11 is 5.96. The fraction of sp³-hybridized carbons (Fsp3) is 0.562. The molecule has 1 aromatic carbocycles. The summed E-state index contributed by atoms with van der Waals surface area (Å²) in [6, 6.07) is 8.09. The van der Waals surface area contributed by atoms with E-state index in [9.17, 15) is 4.79 Å². The van der Waals surface area contributed by atoms with Gasteiger partial charge in [0, 0.05) is 17.0 Å². The van der Waals surface area contributed by atoms with Gasteiger partial charge < -0.3 is 10.6 Å². The Bertz CT molecular complexity index is 480. The van der Waals surface area contributed by atoms with E-state index in [1.807, 2.05) is 12.1 Å². The van der Waals surface area contributed by atoms with Crippen molar-refractivity contribution in [3.05, 3.63) is 34.9 Å². The normalized spacial score (nSPS) is 23.0. The molecule has 116 valence electrons. The van der Waals surface area contributed by atoms with E-state index in [2.05, 4.69) is 22.8 Å². The molecule has 2 aliphatic rings. The van der Waals surface area contributed by atoms with Crippen LogP contribution in [0.15, 0.2) is 24.3 Å². The Balaban J connectivity index is 0.00000161. The Labute approximate surface area is 137 Å². The van der Waals surface area contributed by atoms with Crippen molar-refractivity contribution in [1.82, 2.24) is 10.6 Å². The van der Waals surface area contributed by atoms with Crippen LogP contribution in [0.5, 0.6) is 0 Å². The zero-order valence-corrected chi connectivity index (χ0v) is 13.6. The topological polar surface area (TPSA) is 41.1 Å². The first-order chi connectivity index (χ1) is 9.70. The first kappa shape index (κ1) is 16.6. The lowest BCUT2D eigenvalue weighted by atomic mass is 9.64. The predicted molar refractivity (Wildman–Crippen MR) is 88.3 cm³/mol. The number of rotatable bonds is 4. The fourth-order valence-electron chi connectivity index (χ4n) is 3.26. The summed E-state index contributed by atoms with van der Waals surface area (Å²) in [6.45, 7) is 1.70. The largest absolute Gasteiger partial charge is 0.354 e. The summed E-state index contributed by atoms with van der Waals surface area (Å²) in [6.07, 6.45) is 5.58. The van der Waals surface area contributed by atoms with Crippen molar-refractivity contribution in [3.8, 4) is 0 Å². The van der Waals surface area contributed by atoms with E-state index in [0.29, 0.717) is 0 Å². The van der Waals surface area contributed by atoms with Gasteiger partial charge in [-0.25, -0.2) is 0 Å². The SMILES string of the molecule is Cl.O=C(NCC1(c2ccc(Cl)cc2)CCC1)C1CCCN1. The molecule has 5 heteroatoms. The Morgan fingerprint density at radius 1 is 1.29 bits per heavy atom. The average molecular weight is 329 g/mol. The van der Waals surface area contributed by atoms with Crippen molar-refractivity contribution < 1.29 is 4.79 Å². The van der Waals surface area contributed by atoms with Crippen LogP contribution in [0.25, 0.3) is 0 Å². The van der Waals surface area contributed by atoms with Crippen LogP contribution in [-0.4, -0.2) is 25.0 Å². The third-order valence-corrected chi connectivity index (χ3v) is 5.00. The molecule has 3 rings (SSSR count). The molecule has 0 bridgehead atoms. The molecule has 1 atom stereocenters. The van der Waals surface area contributed by atoms with Crippen molar-refractivity contribution >= 4 is 29.9 Å². The molecule has 2 fully saturated rings. The number of hydrogen-bond donors (Lipinski definition) is 2. The number of nitrogens with one attached hydrogen (secondary N) is 2. The molecule has 2 N–H and O–H groups in total. The Morgan fingerprint density at radius 3 is 2.52 bits per heavy atom. The van der Waals surface area contributed by atoms with Crippen LogP contribution in [0.2, 0.25) is 5.02 Å². The standard InChI is InChI=1S/C16H21ClN2O.ClH/c17-13-6-4-12(5-7-13)16(8-2-9-16)11-19-15(20)14-3-1-10-18-14;/h4-7,14,18H,1-3,8-11H2,(H,19,20);1H. The number of halogens is 2. The molecular weight excluding hydrogens is 307 g/mol. The van der Waals surface area contributed by atoms with Crippen molar-refractivity contribution in [2.24, 2.45) is 0 Å². The van der Waals surface area contributed by atoms with Crippen LogP contribution in [0.3, 0.4) is 0 Å². The maximum absolute atomic E-state index is 12.1. The zero-order valence-electron chi connectivity index (χ0n) is 12.0. The number of carbonyl (C=O) groups is 1. The molecule has 1 aliphatic carbocycles. The van der Waals surface area contributed by atoms with Gasteiger partial charge in [0.15, 0.2) is 0 Å². The van der Waals surface area contributed by atoms with Gasteiger partial charge in [-0.05, 0) is 49.9 Å². The third kappa shape index (κ3) is 3.53. The second kappa shape index (κ2) is 6.99. The van der Waals surface area contributed by atoms with Crippen molar-refractivity contribution in [2.75, 3.05) is 13.1 Å². The molecule has 1 saturated carbocycles. The van der Waals surface area contributed by atoms with E-state index in [0.717, 1.165) is 43.8 Å². The van der Waals surface area contributed by atoms with Gasteiger partial charge in [-0.2, -0.15) is 0 Å². The van der Waals surface area contributed by atoms with Crippen LogP contribution in [-0.2, 0) is 10.2 Å². The van der Waals surface area contributed by atoms with Gasteiger partial charge in [0.05, 0.1) is 6.04 Å². The highest BCUT2D eigenvalue weighted by molar-refractivity contribution is 6.30. The van der Waals surface area contributed by atoms with E-state index in [4.69, 9.17) is 11.6 Å². The van der Waals surface area contributed by atoms with Gasteiger partial charge >= 0.3 is 0 Å². The molecule has 1 amide bonds. The quantitative estimate of drug-likeness (QED) is 0.891. The average Bonchev–Trinajstić information content (AvgIpc) is 2.93. The molecule has 21 heavy (non-hydrogen) atoms. The van der Waals surface area contributed by atoms with Crippen molar-refractivity contribution in [1.29, 1.82) is 0 Å². The smallest absolute Gasteiger partial charge is 0.237 e. The Morgan fingerprint density at radius 2 is 2.00 bits per heavy atom. The summed E-state index contributed by atoms with van der Waals surface area (Å²) < 4.78 is 0. The van der Waals surface area contributed by atoms with E-state index in [1.54, 1.807) is 0 Å². The molecule has 0 radical (unpaired) electrons. The minimum atomic E-state index is 0. The summed E-state index contributed by atoms with van der Waals surface area (Å²) in [5.41, 5.74) is 1.42. The van der Waals surface area contributed by atoms with Crippen LogP contribution in [0.1, 0.15) is 37.7 Å². The maximum atomic E-state index is 12.1.